The topological polar surface area (TPSA) is 137 Å². The molecule has 3 amide bonds. The van der Waals surface area contributed by atoms with E-state index in [1.54, 1.807) is 59.5 Å². The molecule has 0 radical (unpaired) electrons. The van der Waals surface area contributed by atoms with Gasteiger partial charge in [0.2, 0.25) is 5.91 Å². The van der Waals surface area contributed by atoms with Crippen LogP contribution < -0.4 is 20.1 Å². The number of rotatable bonds is 9. The van der Waals surface area contributed by atoms with E-state index >= 15 is 0 Å². The second kappa shape index (κ2) is 12.5. The Morgan fingerprint density at radius 3 is 2.44 bits per heavy atom. The van der Waals surface area contributed by atoms with Crippen molar-refractivity contribution >= 4 is 40.9 Å². The fraction of sp³-hybridized carbons (Fsp3) is 0.250. The maximum Gasteiger partial charge on any atom is 0.335 e. The van der Waals surface area contributed by atoms with Crippen molar-refractivity contribution < 1.29 is 34.1 Å². The number of hydrogen-bond acceptors (Lipinski definition) is 6. The molecule has 0 bridgehead atoms. The number of methoxy groups -OCH3 is 1. The molecular weight excluding hydrogens is 526 g/mol. The Kier molecular flexibility index (Phi) is 8.90. The maximum absolute atomic E-state index is 13.2. The number of aromatic carboxylic acids is 1. The van der Waals surface area contributed by atoms with Crippen LogP contribution in [0.15, 0.2) is 66.7 Å². The highest BCUT2D eigenvalue weighted by atomic mass is 35.5. The number of carboxylic acid groups (broad SMARTS) is 1. The second-order valence-electron chi connectivity index (χ2n) is 9.00. The number of likely N-dealkylation sites (tertiary alicyclic amines) is 1. The highest BCUT2D eigenvalue weighted by molar-refractivity contribution is 6.33. The highest BCUT2D eigenvalue weighted by Crippen LogP contribution is 2.28. The lowest BCUT2D eigenvalue weighted by atomic mass is 10.1. The number of urea groups is 1. The molecule has 1 aliphatic heterocycles. The monoisotopic (exact) mass is 553 g/mol. The van der Waals surface area contributed by atoms with Crippen LogP contribution in [0.4, 0.5) is 16.2 Å². The standard InChI is InChI=1S/C28H28ClN3O7/c1-38-25-12-17(6-11-24(25)31-28(37)30-23-5-3-2-4-22(23)29)13-26(34)32-15-20(33)14-19(32)16-39-21-9-7-18(8-10-21)27(35)36/h2-12,19-20,33H,13-16H2,1H3,(H,35,36)(H2,30,31,37)/t19-,20-/m0/s1. The zero-order valence-electron chi connectivity index (χ0n) is 21.1. The van der Waals surface area contributed by atoms with Crippen molar-refractivity contribution in [3.63, 3.8) is 0 Å². The van der Waals surface area contributed by atoms with Gasteiger partial charge in [0.05, 0.1) is 47.6 Å². The number of halogens is 1. The van der Waals surface area contributed by atoms with Gasteiger partial charge >= 0.3 is 12.0 Å². The number of anilines is 2. The summed E-state index contributed by atoms with van der Waals surface area (Å²) >= 11 is 6.09. The number of nitrogens with one attached hydrogen (secondary N) is 2. The summed E-state index contributed by atoms with van der Waals surface area (Å²) in [5.41, 5.74) is 1.68. The number of β-amino-alcohol motifs (C(OH)–C–C–N with tert-alkyl or cyclic N) is 1. The normalized spacial score (nSPS) is 16.4. The number of amides is 3. The van der Waals surface area contributed by atoms with Crippen LogP contribution in [-0.4, -0.2) is 65.4 Å². The van der Waals surface area contributed by atoms with E-state index in [0.29, 0.717) is 39.9 Å². The van der Waals surface area contributed by atoms with Crippen molar-refractivity contribution in [1.82, 2.24) is 4.90 Å². The van der Waals surface area contributed by atoms with Gasteiger partial charge in [-0.3, -0.25) is 4.79 Å². The molecule has 3 aromatic rings. The number of aliphatic hydroxyl groups excluding tert-OH is 1. The Labute approximate surface area is 230 Å². The number of benzene rings is 3. The molecule has 2 atom stereocenters. The third-order valence-electron chi connectivity index (χ3n) is 6.25. The molecule has 204 valence electrons. The predicted octanol–water partition coefficient (Wildman–Crippen LogP) is 4.27. The summed E-state index contributed by atoms with van der Waals surface area (Å²) in [6, 6.07) is 17.0. The second-order valence-corrected chi connectivity index (χ2v) is 9.41. The van der Waals surface area contributed by atoms with Crippen LogP contribution in [-0.2, 0) is 11.2 Å². The van der Waals surface area contributed by atoms with Crippen LogP contribution in [0.5, 0.6) is 11.5 Å². The number of carbonyl (C=O) groups is 3. The van der Waals surface area contributed by atoms with Gasteiger partial charge in [-0.1, -0.05) is 29.8 Å². The molecule has 0 unspecified atom stereocenters. The lowest BCUT2D eigenvalue weighted by molar-refractivity contribution is -0.132. The molecule has 0 aromatic heterocycles. The molecule has 4 rings (SSSR count). The van der Waals surface area contributed by atoms with Gasteiger partial charge in [0, 0.05) is 6.54 Å². The van der Waals surface area contributed by atoms with Crippen LogP contribution in [0.2, 0.25) is 5.02 Å². The zero-order chi connectivity index (χ0) is 27.9. The van der Waals surface area contributed by atoms with E-state index in [1.807, 2.05) is 0 Å². The number of carboxylic acids is 1. The summed E-state index contributed by atoms with van der Waals surface area (Å²) in [6.45, 7) is 0.339. The van der Waals surface area contributed by atoms with E-state index in [0.717, 1.165) is 0 Å². The fourth-order valence-electron chi connectivity index (χ4n) is 4.31. The summed E-state index contributed by atoms with van der Waals surface area (Å²) in [6.07, 6.45) is -0.250. The van der Waals surface area contributed by atoms with E-state index in [1.165, 1.54) is 19.2 Å². The molecule has 10 nitrogen and oxygen atoms in total. The molecule has 4 N–H and O–H groups in total. The first-order valence-electron chi connectivity index (χ1n) is 12.2. The molecule has 1 heterocycles. The molecule has 11 heteroatoms. The zero-order valence-corrected chi connectivity index (χ0v) is 21.9. The average Bonchev–Trinajstić information content (AvgIpc) is 3.30. The summed E-state index contributed by atoms with van der Waals surface area (Å²) in [5, 5.41) is 25.0. The lowest BCUT2D eigenvalue weighted by Gasteiger charge is -2.25. The van der Waals surface area contributed by atoms with Crippen molar-refractivity contribution in [2.45, 2.75) is 25.0 Å². The first-order chi connectivity index (χ1) is 18.7. The van der Waals surface area contributed by atoms with Crippen LogP contribution in [0.1, 0.15) is 22.3 Å². The van der Waals surface area contributed by atoms with Gasteiger partial charge < -0.3 is 35.2 Å². The van der Waals surface area contributed by atoms with Gasteiger partial charge in [-0.2, -0.15) is 0 Å². The third-order valence-corrected chi connectivity index (χ3v) is 6.58. The summed E-state index contributed by atoms with van der Waals surface area (Å²) < 4.78 is 11.2. The Bertz CT molecular complexity index is 1350. The molecule has 1 saturated heterocycles. The Morgan fingerprint density at radius 1 is 1.03 bits per heavy atom. The SMILES string of the molecule is COc1cc(CC(=O)N2C[C@@H](O)C[C@H]2COc2ccc(C(=O)O)cc2)ccc1NC(=O)Nc1ccccc1Cl. The van der Waals surface area contributed by atoms with E-state index in [9.17, 15) is 19.5 Å². The number of carbonyl (C=O) groups excluding carboxylic acids is 2. The van der Waals surface area contributed by atoms with Gasteiger partial charge in [0.25, 0.3) is 0 Å². The first-order valence-corrected chi connectivity index (χ1v) is 12.5. The predicted molar refractivity (Wildman–Crippen MR) is 146 cm³/mol. The molecule has 1 aliphatic rings. The molecule has 0 saturated carbocycles. The Morgan fingerprint density at radius 2 is 1.74 bits per heavy atom. The van der Waals surface area contributed by atoms with Gasteiger partial charge in [0.1, 0.15) is 18.1 Å². The van der Waals surface area contributed by atoms with Gasteiger partial charge in [-0.25, -0.2) is 9.59 Å². The van der Waals surface area contributed by atoms with E-state index in [2.05, 4.69) is 10.6 Å². The fourth-order valence-corrected chi connectivity index (χ4v) is 4.49. The highest BCUT2D eigenvalue weighted by Gasteiger charge is 2.34. The molecule has 0 aliphatic carbocycles. The smallest absolute Gasteiger partial charge is 0.335 e. The molecule has 0 spiro atoms. The molecule has 39 heavy (non-hydrogen) atoms. The Balaban J connectivity index is 1.37. The van der Waals surface area contributed by atoms with E-state index in [-0.39, 0.29) is 37.1 Å². The molecule has 1 fully saturated rings. The van der Waals surface area contributed by atoms with E-state index < -0.39 is 18.1 Å². The van der Waals surface area contributed by atoms with Crippen molar-refractivity contribution in [1.29, 1.82) is 0 Å². The summed E-state index contributed by atoms with van der Waals surface area (Å²) in [7, 11) is 1.46. The van der Waals surface area contributed by atoms with Gasteiger partial charge in [-0.15, -0.1) is 0 Å². The number of para-hydroxylation sites is 1. The first kappa shape index (κ1) is 27.7. The van der Waals surface area contributed by atoms with Crippen LogP contribution in [0.25, 0.3) is 0 Å². The maximum atomic E-state index is 13.2. The van der Waals surface area contributed by atoms with Gasteiger partial charge in [-0.05, 0) is 60.5 Å². The number of ether oxygens (including phenoxy) is 2. The summed E-state index contributed by atoms with van der Waals surface area (Å²) in [4.78, 5) is 38.2. The van der Waals surface area contributed by atoms with E-state index in [4.69, 9.17) is 26.2 Å². The molecular formula is C28H28ClN3O7. The lowest BCUT2D eigenvalue weighted by Crippen LogP contribution is -2.40. The van der Waals surface area contributed by atoms with Crippen molar-refractivity contribution in [3.05, 3.63) is 82.9 Å². The third kappa shape index (κ3) is 7.18. The minimum Gasteiger partial charge on any atom is -0.495 e. The van der Waals surface area contributed by atoms with Gasteiger partial charge in [0.15, 0.2) is 0 Å². The number of nitrogens with zero attached hydrogens (tertiary/aromatic N) is 1. The van der Waals surface area contributed by atoms with Crippen LogP contribution in [0, 0.1) is 0 Å². The van der Waals surface area contributed by atoms with Crippen LogP contribution in [0.3, 0.4) is 0 Å². The largest absolute Gasteiger partial charge is 0.495 e. The number of aliphatic hydroxyl groups is 1. The minimum atomic E-state index is -1.03. The quantitative estimate of drug-likeness (QED) is 0.310. The number of hydrogen-bond donors (Lipinski definition) is 4. The van der Waals surface area contributed by atoms with Crippen molar-refractivity contribution in [2.24, 2.45) is 0 Å². The van der Waals surface area contributed by atoms with Crippen molar-refractivity contribution in [3.8, 4) is 11.5 Å². The average molecular weight is 554 g/mol. The minimum absolute atomic E-state index is 0.0546. The van der Waals surface area contributed by atoms with Crippen LogP contribution >= 0.6 is 11.6 Å². The Hall–Kier alpha value is -4.28. The van der Waals surface area contributed by atoms with Crippen molar-refractivity contribution in [2.75, 3.05) is 30.9 Å². The molecule has 3 aromatic carbocycles. The summed E-state index contributed by atoms with van der Waals surface area (Å²) in [5.74, 6) is -0.375.